The van der Waals surface area contributed by atoms with Gasteiger partial charge in [0, 0.05) is 25.8 Å². The Morgan fingerprint density at radius 1 is 1.09 bits per heavy atom. The summed E-state index contributed by atoms with van der Waals surface area (Å²) in [5.41, 5.74) is 8.09. The number of nitrogens with one attached hydrogen (secondary N) is 1. The summed E-state index contributed by atoms with van der Waals surface area (Å²) in [4.78, 5) is 29.4. The van der Waals surface area contributed by atoms with Gasteiger partial charge in [-0.2, -0.15) is 5.10 Å². The monoisotopic (exact) mass is 458 g/mol. The van der Waals surface area contributed by atoms with E-state index in [0.717, 1.165) is 5.69 Å². The first-order valence-corrected chi connectivity index (χ1v) is 10.8. The summed E-state index contributed by atoms with van der Waals surface area (Å²) in [6.45, 7) is 8.29. The van der Waals surface area contributed by atoms with Crippen LogP contribution in [0.2, 0.25) is 0 Å². The number of nitrogens with two attached hydrogens (primary N) is 1. The summed E-state index contributed by atoms with van der Waals surface area (Å²) in [5.74, 6) is -0.161. The first-order valence-electron chi connectivity index (χ1n) is 10.8. The predicted molar refractivity (Wildman–Crippen MR) is 123 cm³/mol. The lowest BCUT2D eigenvalue weighted by atomic mass is 10.1. The van der Waals surface area contributed by atoms with Gasteiger partial charge in [0.2, 0.25) is 11.9 Å². The lowest BCUT2D eigenvalue weighted by Gasteiger charge is -2.12. The van der Waals surface area contributed by atoms with Crippen LogP contribution in [-0.4, -0.2) is 64.7 Å². The first-order chi connectivity index (χ1) is 15.9. The summed E-state index contributed by atoms with van der Waals surface area (Å²) in [5, 5.41) is 7.18. The van der Waals surface area contributed by atoms with Crippen molar-refractivity contribution in [2.45, 2.75) is 33.9 Å². The molecule has 0 aliphatic carbocycles. The fourth-order valence-corrected chi connectivity index (χ4v) is 3.48. The van der Waals surface area contributed by atoms with E-state index in [-0.39, 0.29) is 18.1 Å². The third-order valence-electron chi connectivity index (χ3n) is 4.98. The predicted octanol–water partition coefficient (Wildman–Crippen LogP) is 1.97. The van der Waals surface area contributed by atoms with Crippen LogP contribution in [0.1, 0.15) is 40.4 Å². The molecule has 1 aromatic carbocycles. The molecule has 3 aromatic rings. The highest BCUT2D eigenvalue weighted by Crippen LogP contribution is 2.31. The van der Waals surface area contributed by atoms with E-state index in [1.165, 1.54) is 0 Å². The summed E-state index contributed by atoms with van der Waals surface area (Å²) in [7, 11) is 1.60. The van der Waals surface area contributed by atoms with Crippen molar-refractivity contribution in [3.05, 3.63) is 35.2 Å². The Hall–Kier alpha value is -3.44. The Labute approximate surface area is 191 Å². The van der Waals surface area contributed by atoms with Crippen molar-refractivity contribution in [3.63, 3.8) is 0 Å². The van der Waals surface area contributed by atoms with Gasteiger partial charge in [0.25, 0.3) is 5.91 Å². The number of hydrogen-bond acceptors (Lipinski definition) is 7. The second-order valence-electron chi connectivity index (χ2n) is 7.28. The molecule has 0 atom stereocenters. The molecule has 2 aromatic heterocycles. The number of nitrogens with zero attached hydrogens (tertiary/aromatic N) is 4. The lowest BCUT2D eigenvalue weighted by Crippen LogP contribution is -2.19. The van der Waals surface area contributed by atoms with Crippen molar-refractivity contribution >= 4 is 28.8 Å². The second-order valence-corrected chi connectivity index (χ2v) is 7.28. The Morgan fingerprint density at radius 2 is 1.85 bits per heavy atom. The number of imidazole rings is 1. The molecule has 3 rings (SSSR count). The number of primary amides is 1. The van der Waals surface area contributed by atoms with Crippen LogP contribution in [0, 0.1) is 6.92 Å². The zero-order chi connectivity index (χ0) is 24.0. The van der Waals surface area contributed by atoms with E-state index in [1.807, 2.05) is 25.3 Å². The van der Waals surface area contributed by atoms with Crippen molar-refractivity contribution in [1.82, 2.24) is 19.3 Å². The maximum Gasteiger partial charge on any atom is 0.276 e. The molecule has 0 unspecified atom stereocenters. The number of ether oxygens (including phenoxy) is 3. The number of benzene rings is 1. The topological polar surface area (TPSA) is 136 Å². The van der Waals surface area contributed by atoms with Crippen LogP contribution in [0.5, 0.6) is 5.75 Å². The van der Waals surface area contributed by atoms with E-state index in [9.17, 15) is 9.59 Å². The molecule has 0 aliphatic rings. The number of anilines is 1. The van der Waals surface area contributed by atoms with Crippen LogP contribution < -0.4 is 15.8 Å². The minimum atomic E-state index is -0.600. The van der Waals surface area contributed by atoms with Crippen molar-refractivity contribution in [1.29, 1.82) is 0 Å². The van der Waals surface area contributed by atoms with Gasteiger partial charge in [-0.05, 0) is 39.0 Å². The number of carbonyl (C=O) groups excluding carboxylic acids is 2. The normalized spacial score (nSPS) is 11.2. The quantitative estimate of drug-likeness (QED) is 0.396. The summed E-state index contributed by atoms with van der Waals surface area (Å²) >= 11 is 0. The zero-order valence-corrected chi connectivity index (χ0v) is 19.4. The summed E-state index contributed by atoms with van der Waals surface area (Å²) in [6, 6.07) is 4.89. The number of methoxy groups -OCH3 is 1. The van der Waals surface area contributed by atoms with Gasteiger partial charge in [-0.15, -0.1) is 0 Å². The van der Waals surface area contributed by atoms with Gasteiger partial charge in [0.15, 0.2) is 0 Å². The number of rotatable bonds is 12. The minimum Gasteiger partial charge on any atom is -0.489 e. The number of carbonyl (C=O) groups is 2. The smallest absolute Gasteiger partial charge is 0.276 e. The average molecular weight is 459 g/mol. The third-order valence-corrected chi connectivity index (χ3v) is 4.98. The molecule has 0 spiro atoms. The molecule has 0 radical (unpaired) electrons. The molecule has 11 heteroatoms. The highest BCUT2D eigenvalue weighted by Gasteiger charge is 2.21. The molecule has 0 aliphatic heterocycles. The molecular weight excluding hydrogens is 428 g/mol. The molecule has 0 saturated heterocycles. The van der Waals surface area contributed by atoms with Crippen molar-refractivity contribution in [3.8, 4) is 5.75 Å². The van der Waals surface area contributed by atoms with Crippen LogP contribution in [0.3, 0.4) is 0 Å². The van der Waals surface area contributed by atoms with Crippen LogP contribution >= 0.6 is 0 Å². The van der Waals surface area contributed by atoms with Crippen molar-refractivity contribution in [2.75, 3.05) is 38.9 Å². The SMILES string of the molecule is CCn1nc(C)cc1C(=O)Nc1nc2cc(C(N)=O)cc(OCCOCCOC)c2n1CC. The fraction of sp³-hybridized carbons (Fsp3) is 0.455. The number of hydrogen-bond donors (Lipinski definition) is 2. The van der Waals surface area contributed by atoms with Crippen LogP contribution in [0.15, 0.2) is 18.2 Å². The largest absolute Gasteiger partial charge is 0.489 e. The van der Waals surface area contributed by atoms with Crippen LogP contribution in [-0.2, 0) is 22.6 Å². The standard InChI is InChI=1S/C22H30N6O5/c1-5-27-19-16(24-22(27)25-21(30)17-11-14(3)26-28(17)6-2)12-15(20(23)29)13-18(19)33-10-9-32-8-7-31-4/h11-13H,5-10H2,1-4H3,(H2,23,29)(H,24,25,30). The van der Waals surface area contributed by atoms with Gasteiger partial charge in [0.1, 0.15) is 23.6 Å². The lowest BCUT2D eigenvalue weighted by molar-refractivity contribution is 0.0546. The van der Waals surface area contributed by atoms with Crippen LogP contribution in [0.4, 0.5) is 5.95 Å². The minimum absolute atomic E-state index is 0.257. The molecule has 11 nitrogen and oxygen atoms in total. The molecule has 0 bridgehead atoms. The van der Waals surface area contributed by atoms with Gasteiger partial charge in [-0.3, -0.25) is 19.6 Å². The van der Waals surface area contributed by atoms with Gasteiger partial charge in [-0.1, -0.05) is 0 Å². The molecule has 33 heavy (non-hydrogen) atoms. The van der Waals surface area contributed by atoms with E-state index < -0.39 is 5.91 Å². The van der Waals surface area contributed by atoms with E-state index in [1.54, 1.807) is 30.0 Å². The summed E-state index contributed by atoms with van der Waals surface area (Å²) in [6.07, 6.45) is 0. The number of amides is 2. The molecular formula is C22H30N6O5. The number of aromatic nitrogens is 4. The highest BCUT2D eigenvalue weighted by molar-refractivity contribution is 6.04. The molecule has 178 valence electrons. The van der Waals surface area contributed by atoms with E-state index >= 15 is 0 Å². The van der Waals surface area contributed by atoms with Gasteiger partial charge < -0.3 is 24.5 Å². The number of fused-ring (bicyclic) bond motifs is 1. The Morgan fingerprint density at radius 3 is 2.52 bits per heavy atom. The molecule has 0 fully saturated rings. The van der Waals surface area contributed by atoms with Gasteiger partial charge >= 0.3 is 0 Å². The Bertz CT molecular complexity index is 1140. The fourth-order valence-electron chi connectivity index (χ4n) is 3.48. The Kier molecular flexibility index (Phi) is 8.01. The second kappa shape index (κ2) is 10.9. The highest BCUT2D eigenvalue weighted by atomic mass is 16.5. The molecule has 2 heterocycles. The number of aryl methyl sites for hydroxylation is 3. The van der Waals surface area contributed by atoms with Crippen molar-refractivity contribution < 1.29 is 23.8 Å². The third kappa shape index (κ3) is 5.49. The maximum absolute atomic E-state index is 13.0. The average Bonchev–Trinajstić information content (AvgIpc) is 3.35. The van der Waals surface area contributed by atoms with Crippen LogP contribution in [0.25, 0.3) is 11.0 Å². The molecule has 0 saturated carbocycles. The van der Waals surface area contributed by atoms with Gasteiger partial charge in [0.05, 0.1) is 31.0 Å². The van der Waals surface area contributed by atoms with Crippen molar-refractivity contribution in [2.24, 2.45) is 5.73 Å². The van der Waals surface area contributed by atoms with E-state index in [2.05, 4.69) is 15.4 Å². The van der Waals surface area contributed by atoms with E-state index in [4.69, 9.17) is 19.9 Å². The first kappa shape index (κ1) is 24.2. The summed E-state index contributed by atoms with van der Waals surface area (Å²) < 4.78 is 19.8. The van der Waals surface area contributed by atoms with E-state index in [0.29, 0.717) is 61.3 Å². The molecule has 2 amide bonds. The Balaban J connectivity index is 1.93. The molecule has 3 N–H and O–H groups in total. The van der Waals surface area contributed by atoms with Gasteiger partial charge in [-0.25, -0.2) is 4.98 Å². The maximum atomic E-state index is 13.0. The zero-order valence-electron chi connectivity index (χ0n) is 19.4.